The van der Waals surface area contributed by atoms with Crippen molar-refractivity contribution < 1.29 is 52.7 Å². The molecule has 0 aliphatic heterocycles. The summed E-state index contributed by atoms with van der Waals surface area (Å²) in [4.78, 5) is 0. The van der Waals surface area contributed by atoms with Crippen LogP contribution in [0.1, 0.15) is 102 Å². The zero-order valence-electron chi connectivity index (χ0n) is 26.8. The van der Waals surface area contributed by atoms with Crippen LogP contribution in [0.15, 0.2) is 24.3 Å². The van der Waals surface area contributed by atoms with Crippen molar-refractivity contribution in [1.29, 1.82) is 0 Å². The SMILES string of the molecule is CCCc1cc(C(F)(F)C(F)(F)C(F)(F)C(F)(F)C(F)(F)C(F)(F)c2cc(CCC)c(N)c(C(C)(C)C)c2)cc(C(C)(C)C)c1N. The number of nitrogen functional groups attached to an aromatic ring is 2. The van der Waals surface area contributed by atoms with Crippen LogP contribution in [-0.2, 0) is 35.5 Å². The van der Waals surface area contributed by atoms with Gasteiger partial charge in [-0.05, 0) is 70.2 Å². The Hall–Kier alpha value is -2.80. The molecule has 2 rings (SSSR count). The second-order valence-corrected chi connectivity index (χ2v) is 13.6. The average Bonchev–Trinajstić information content (AvgIpc) is 2.89. The number of rotatable bonds is 11. The highest BCUT2D eigenvalue weighted by molar-refractivity contribution is 5.60. The third-order valence-corrected chi connectivity index (χ3v) is 7.88. The molecular formula is C32H40F12N2. The number of hydrogen-bond donors (Lipinski definition) is 2. The van der Waals surface area contributed by atoms with Gasteiger partial charge in [-0.1, -0.05) is 68.2 Å². The van der Waals surface area contributed by atoms with E-state index in [4.69, 9.17) is 11.5 Å². The van der Waals surface area contributed by atoms with Crippen molar-refractivity contribution in [3.05, 3.63) is 57.6 Å². The number of aryl methyl sites for hydroxylation is 2. The van der Waals surface area contributed by atoms with E-state index in [1.54, 1.807) is 13.8 Å². The van der Waals surface area contributed by atoms with Gasteiger partial charge in [0.05, 0.1) is 0 Å². The Morgan fingerprint density at radius 2 is 0.717 bits per heavy atom. The van der Waals surface area contributed by atoms with E-state index >= 15 is 52.7 Å². The molecule has 0 atom stereocenters. The molecule has 0 aromatic heterocycles. The number of halogens is 12. The molecule has 0 spiro atoms. The molecule has 2 nitrogen and oxygen atoms in total. The highest BCUT2D eigenvalue weighted by Crippen LogP contribution is 2.64. The minimum absolute atomic E-state index is 0.126. The zero-order chi connectivity index (χ0) is 36.3. The average molecular weight is 681 g/mol. The van der Waals surface area contributed by atoms with Crippen molar-refractivity contribution >= 4 is 11.4 Å². The maximum absolute atomic E-state index is 15.4. The second-order valence-electron chi connectivity index (χ2n) is 13.6. The van der Waals surface area contributed by atoms with Crippen LogP contribution in [0.3, 0.4) is 0 Å². The summed E-state index contributed by atoms with van der Waals surface area (Å²) in [6, 6.07) is 1.17. The molecule has 0 bridgehead atoms. The van der Waals surface area contributed by atoms with Crippen LogP contribution in [0.4, 0.5) is 64.1 Å². The quantitative estimate of drug-likeness (QED) is 0.183. The third kappa shape index (κ3) is 6.13. The molecule has 0 unspecified atom stereocenters. The summed E-state index contributed by atoms with van der Waals surface area (Å²) >= 11 is 0. The number of hydrogen-bond acceptors (Lipinski definition) is 2. The number of alkyl halides is 12. The summed E-state index contributed by atoms with van der Waals surface area (Å²) in [7, 11) is 0. The first-order valence-corrected chi connectivity index (χ1v) is 14.5. The fourth-order valence-electron chi connectivity index (χ4n) is 5.13. The Kier molecular flexibility index (Phi) is 10.3. The van der Waals surface area contributed by atoms with Gasteiger partial charge in [-0.25, -0.2) is 0 Å². The Morgan fingerprint density at radius 1 is 0.457 bits per heavy atom. The molecule has 0 radical (unpaired) electrons. The predicted molar refractivity (Wildman–Crippen MR) is 155 cm³/mol. The summed E-state index contributed by atoms with van der Waals surface area (Å²) in [6.07, 6.45) is 0.159. The maximum Gasteiger partial charge on any atom is 0.385 e. The highest BCUT2D eigenvalue weighted by Gasteiger charge is 2.90. The first kappa shape index (κ1) is 39.4. The topological polar surface area (TPSA) is 52.0 Å². The Morgan fingerprint density at radius 3 is 0.935 bits per heavy atom. The highest BCUT2D eigenvalue weighted by atomic mass is 19.4. The molecule has 0 saturated heterocycles. The summed E-state index contributed by atoms with van der Waals surface area (Å²) < 4.78 is 182. The van der Waals surface area contributed by atoms with E-state index < -0.39 is 57.5 Å². The van der Waals surface area contributed by atoms with Gasteiger partial charge in [0.2, 0.25) is 0 Å². The lowest BCUT2D eigenvalue weighted by Gasteiger charge is -2.42. The molecule has 2 aromatic rings. The van der Waals surface area contributed by atoms with Crippen molar-refractivity contribution in [3.63, 3.8) is 0 Å². The summed E-state index contributed by atoms with van der Waals surface area (Å²) in [6.45, 7) is 11.6. The van der Waals surface area contributed by atoms with E-state index in [1.165, 1.54) is 41.5 Å². The molecule has 0 aliphatic carbocycles. The van der Waals surface area contributed by atoms with E-state index in [1.807, 2.05) is 0 Å². The third-order valence-electron chi connectivity index (χ3n) is 7.88. The van der Waals surface area contributed by atoms with Gasteiger partial charge in [-0.15, -0.1) is 0 Å². The summed E-state index contributed by atoms with van der Waals surface area (Å²) in [5.74, 6) is -42.6. The van der Waals surface area contributed by atoms with Crippen LogP contribution in [0.25, 0.3) is 0 Å². The van der Waals surface area contributed by atoms with Gasteiger partial charge in [0, 0.05) is 22.5 Å². The van der Waals surface area contributed by atoms with Gasteiger partial charge in [-0.3, -0.25) is 0 Å². The monoisotopic (exact) mass is 680 g/mol. The van der Waals surface area contributed by atoms with Crippen LogP contribution in [-0.4, -0.2) is 23.7 Å². The Balaban J connectivity index is 2.83. The van der Waals surface area contributed by atoms with E-state index in [9.17, 15) is 0 Å². The van der Waals surface area contributed by atoms with Crippen molar-refractivity contribution in [2.75, 3.05) is 11.5 Å². The molecule has 0 saturated carbocycles. The number of nitrogens with two attached hydrogens (primary N) is 2. The van der Waals surface area contributed by atoms with Gasteiger partial charge in [-0.2, -0.15) is 52.7 Å². The minimum Gasteiger partial charge on any atom is -0.398 e. The van der Waals surface area contributed by atoms with Crippen molar-refractivity contribution in [3.8, 4) is 0 Å². The van der Waals surface area contributed by atoms with Crippen LogP contribution in [0, 0.1) is 0 Å². The van der Waals surface area contributed by atoms with E-state index in [-0.39, 0.29) is 59.3 Å². The van der Waals surface area contributed by atoms with Gasteiger partial charge in [0.1, 0.15) is 0 Å². The molecule has 0 fully saturated rings. The number of anilines is 2. The molecule has 14 heteroatoms. The standard InChI is InChI=1S/C32H40F12N2/c1-9-11-17-13-19(15-21(23(17)45)25(3,4)5)27(33,34)29(37,38)31(41,42)32(43,44)30(39,40)28(35,36)20-14-18(12-10-2)24(46)22(16-20)26(6,7)8/h13-16H,9-12,45-46H2,1-8H3. The molecular weight excluding hydrogens is 640 g/mol. The Bertz CT molecular complexity index is 1310. The molecule has 262 valence electrons. The fraction of sp³-hybridized carbons (Fsp3) is 0.625. The normalized spacial score (nSPS) is 14.6. The zero-order valence-corrected chi connectivity index (χ0v) is 26.8. The van der Waals surface area contributed by atoms with E-state index in [0.29, 0.717) is 24.3 Å². The van der Waals surface area contributed by atoms with Gasteiger partial charge < -0.3 is 11.5 Å². The summed E-state index contributed by atoms with van der Waals surface area (Å²) in [5, 5.41) is 0. The van der Waals surface area contributed by atoms with Crippen LogP contribution in [0.5, 0.6) is 0 Å². The smallest absolute Gasteiger partial charge is 0.385 e. The number of benzene rings is 2. The molecule has 2 aromatic carbocycles. The van der Waals surface area contributed by atoms with Crippen LogP contribution in [0.2, 0.25) is 0 Å². The van der Waals surface area contributed by atoms with E-state index in [2.05, 4.69) is 0 Å². The molecule has 46 heavy (non-hydrogen) atoms. The lowest BCUT2D eigenvalue weighted by atomic mass is 9.79. The molecule has 4 N–H and O–H groups in total. The van der Waals surface area contributed by atoms with Crippen molar-refractivity contribution in [2.45, 2.75) is 127 Å². The predicted octanol–water partition coefficient (Wildman–Crippen LogP) is 10.8. The fourth-order valence-corrected chi connectivity index (χ4v) is 5.13. The van der Waals surface area contributed by atoms with Crippen molar-refractivity contribution in [1.82, 2.24) is 0 Å². The van der Waals surface area contributed by atoms with Gasteiger partial charge >= 0.3 is 35.5 Å². The lowest BCUT2D eigenvalue weighted by molar-refractivity contribution is -0.429. The molecule has 0 amide bonds. The minimum atomic E-state index is -7.72. The van der Waals surface area contributed by atoms with E-state index in [0.717, 1.165) is 0 Å². The maximum atomic E-state index is 15.4. The summed E-state index contributed by atoms with van der Waals surface area (Å²) in [5.41, 5.74) is 4.58. The van der Waals surface area contributed by atoms with Gasteiger partial charge in [0.25, 0.3) is 0 Å². The molecule has 0 aliphatic rings. The van der Waals surface area contributed by atoms with Gasteiger partial charge in [0.15, 0.2) is 0 Å². The first-order valence-electron chi connectivity index (χ1n) is 14.5. The molecule has 0 heterocycles. The van der Waals surface area contributed by atoms with Crippen LogP contribution >= 0.6 is 0 Å². The van der Waals surface area contributed by atoms with Crippen molar-refractivity contribution in [2.24, 2.45) is 0 Å². The lowest BCUT2D eigenvalue weighted by Crippen LogP contribution is -2.69. The largest absolute Gasteiger partial charge is 0.398 e. The first-order chi connectivity index (χ1) is 20.4. The van der Waals surface area contributed by atoms with Crippen LogP contribution < -0.4 is 11.5 Å². The Labute approximate surface area is 260 Å². The second kappa shape index (κ2) is 12.0.